The first-order chi connectivity index (χ1) is 16.2. The van der Waals surface area contributed by atoms with Gasteiger partial charge in [-0.3, -0.25) is 9.48 Å². The Bertz CT molecular complexity index is 1210. The number of rotatable bonds is 6. The molecule has 0 saturated heterocycles. The summed E-state index contributed by atoms with van der Waals surface area (Å²) in [5.41, 5.74) is 3.50. The molecule has 10 heteroatoms. The second-order valence-corrected chi connectivity index (χ2v) is 8.55. The molecule has 1 aliphatic carbocycles. The minimum atomic E-state index is -2.58. The molecule has 2 heterocycles. The Morgan fingerprint density at radius 2 is 1.94 bits per heavy atom. The molecular weight excluding hydrogens is 440 g/mol. The van der Waals surface area contributed by atoms with Gasteiger partial charge in [-0.05, 0) is 44.4 Å². The van der Waals surface area contributed by atoms with Crippen LogP contribution in [0.2, 0.25) is 0 Å². The molecule has 1 aromatic carbocycles. The van der Waals surface area contributed by atoms with Crippen molar-refractivity contribution < 1.29 is 13.6 Å². The smallest absolute Gasteiger partial charge is 0.252 e. The fourth-order valence-corrected chi connectivity index (χ4v) is 3.91. The van der Waals surface area contributed by atoms with Crippen molar-refractivity contribution in [1.29, 1.82) is 5.26 Å². The lowest BCUT2D eigenvalue weighted by molar-refractivity contribution is -0.0449. The number of nitrogens with one attached hydrogen (secondary N) is 2. The second kappa shape index (κ2) is 9.55. The van der Waals surface area contributed by atoms with Crippen LogP contribution in [0.1, 0.15) is 54.6 Å². The van der Waals surface area contributed by atoms with E-state index in [2.05, 4.69) is 25.7 Å². The minimum Gasteiger partial charge on any atom is -0.337 e. The monoisotopic (exact) mass is 465 g/mol. The van der Waals surface area contributed by atoms with Crippen LogP contribution in [-0.4, -0.2) is 37.6 Å². The van der Waals surface area contributed by atoms with Gasteiger partial charge in [0.1, 0.15) is 6.04 Å². The maximum atomic E-state index is 13.4. The highest BCUT2D eigenvalue weighted by Gasteiger charge is 2.35. The van der Waals surface area contributed by atoms with Gasteiger partial charge in [0.15, 0.2) is 0 Å². The van der Waals surface area contributed by atoms with Gasteiger partial charge < -0.3 is 10.6 Å². The Balaban J connectivity index is 1.46. The average molecular weight is 466 g/mol. The fourth-order valence-electron chi connectivity index (χ4n) is 3.91. The van der Waals surface area contributed by atoms with Gasteiger partial charge in [0, 0.05) is 36.4 Å². The molecule has 4 rings (SSSR count). The first kappa shape index (κ1) is 23.3. The van der Waals surface area contributed by atoms with Gasteiger partial charge in [-0.25, -0.2) is 18.7 Å². The number of hydrogen-bond acceptors (Lipinski definition) is 6. The van der Waals surface area contributed by atoms with Crippen LogP contribution in [-0.2, 0) is 0 Å². The summed E-state index contributed by atoms with van der Waals surface area (Å²) in [5.74, 6) is -2.52. The largest absolute Gasteiger partial charge is 0.337 e. The molecule has 0 unspecified atom stereocenters. The highest BCUT2D eigenvalue weighted by atomic mass is 19.3. The van der Waals surface area contributed by atoms with E-state index in [1.807, 2.05) is 13.0 Å². The Hall–Kier alpha value is -3.87. The fraction of sp³-hybridized carbons (Fsp3) is 0.375. The number of aryl methyl sites for hydroxylation is 1. The molecule has 8 nitrogen and oxygen atoms in total. The zero-order chi connectivity index (χ0) is 24.3. The molecule has 1 fully saturated rings. The van der Waals surface area contributed by atoms with Crippen molar-refractivity contribution in [2.75, 3.05) is 5.32 Å². The van der Waals surface area contributed by atoms with Crippen LogP contribution in [0.5, 0.6) is 0 Å². The van der Waals surface area contributed by atoms with Crippen LogP contribution in [0.3, 0.4) is 0 Å². The van der Waals surface area contributed by atoms with Gasteiger partial charge in [-0.15, -0.1) is 0 Å². The normalized spacial score (nSPS) is 16.4. The molecule has 0 spiro atoms. The van der Waals surface area contributed by atoms with Crippen molar-refractivity contribution in [2.24, 2.45) is 0 Å². The molecule has 34 heavy (non-hydrogen) atoms. The molecular formula is C24H25F2N7O. The van der Waals surface area contributed by atoms with Gasteiger partial charge in [0.25, 0.3) is 5.91 Å². The van der Waals surface area contributed by atoms with Crippen molar-refractivity contribution in [1.82, 2.24) is 25.1 Å². The number of carbonyl (C=O) groups is 1. The van der Waals surface area contributed by atoms with Crippen molar-refractivity contribution in [2.45, 2.75) is 57.5 Å². The number of nitriles is 1. The molecule has 1 amide bonds. The molecule has 0 radical (unpaired) electrons. The van der Waals surface area contributed by atoms with E-state index >= 15 is 0 Å². The molecule has 3 aromatic rings. The number of amides is 1. The molecule has 2 N–H and O–H groups in total. The third-order valence-corrected chi connectivity index (χ3v) is 5.85. The van der Waals surface area contributed by atoms with Gasteiger partial charge in [0.2, 0.25) is 11.9 Å². The van der Waals surface area contributed by atoms with Crippen molar-refractivity contribution in [3.63, 3.8) is 0 Å². The Labute approximate surface area is 196 Å². The maximum Gasteiger partial charge on any atom is 0.252 e. The number of nitrogens with zero attached hydrogens (tertiary/aromatic N) is 5. The summed E-state index contributed by atoms with van der Waals surface area (Å²) in [6.07, 6.45) is 5.65. The van der Waals surface area contributed by atoms with Crippen LogP contribution in [0, 0.1) is 18.3 Å². The van der Waals surface area contributed by atoms with Gasteiger partial charge in [0.05, 0.1) is 29.7 Å². The van der Waals surface area contributed by atoms with E-state index in [4.69, 9.17) is 5.26 Å². The lowest BCUT2D eigenvalue weighted by Gasteiger charge is -2.28. The number of carbonyl (C=O) groups excluding carboxylic acids is 1. The number of alkyl halides is 2. The van der Waals surface area contributed by atoms with E-state index < -0.39 is 12.0 Å². The number of hydrogen-bond donors (Lipinski definition) is 2. The van der Waals surface area contributed by atoms with Crippen LogP contribution >= 0.6 is 0 Å². The predicted octanol–water partition coefficient (Wildman–Crippen LogP) is 4.78. The first-order valence-corrected chi connectivity index (χ1v) is 11.1. The number of benzene rings is 1. The molecule has 1 saturated carbocycles. The second-order valence-electron chi connectivity index (χ2n) is 8.55. The zero-order valence-corrected chi connectivity index (χ0v) is 18.9. The third-order valence-electron chi connectivity index (χ3n) is 5.85. The first-order valence-electron chi connectivity index (χ1n) is 11.1. The third kappa shape index (κ3) is 5.36. The van der Waals surface area contributed by atoms with E-state index in [0.717, 1.165) is 11.1 Å². The summed E-state index contributed by atoms with van der Waals surface area (Å²) < 4.78 is 28.6. The van der Waals surface area contributed by atoms with Crippen LogP contribution < -0.4 is 10.6 Å². The molecule has 1 aliphatic rings. The van der Waals surface area contributed by atoms with Gasteiger partial charge in [-0.2, -0.15) is 10.4 Å². The van der Waals surface area contributed by atoms with E-state index in [9.17, 15) is 13.6 Å². The van der Waals surface area contributed by atoms with E-state index in [0.29, 0.717) is 35.7 Å². The molecule has 0 aliphatic heterocycles. The van der Waals surface area contributed by atoms with Crippen molar-refractivity contribution >= 4 is 17.5 Å². The van der Waals surface area contributed by atoms with Crippen molar-refractivity contribution in [3.05, 3.63) is 54.0 Å². The summed E-state index contributed by atoms with van der Waals surface area (Å²) in [5, 5.41) is 18.9. The lowest BCUT2D eigenvalue weighted by Crippen LogP contribution is -2.31. The summed E-state index contributed by atoms with van der Waals surface area (Å²) in [4.78, 5) is 21.1. The van der Waals surface area contributed by atoms with Crippen molar-refractivity contribution in [3.8, 4) is 17.3 Å². The van der Waals surface area contributed by atoms with Crippen LogP contribution in [0.4, 0.5) is 20.4 Å². The summed E-state index contributed by atoms with van der Waals surface area (Å²) in [6, 6.07) is 8.30. The van der Waals surface area contributed by atoms with E-state index in [1.54, 1.807) is 54.5 Å². The average Bonchev–Trinajstić information content (AvgIpc) is 3.28. The quantitative estimate of drug-likeness (QED) is 0.542. The summed E-state index contributed by atoms with van der Waals surface area (Å²) in [7, 11) is 0. The SMILES string of the molecule is Cc1cnc(Nc2cnn(C3CCC(F)(F)CC3)c2)nc1-c1ccc(C(=O)N[C@@H](C)C#N)cc1. The predicted molar refractivity (Wildman–Crippen MR) is 123 cm³/mol. The van der Waals surface area contributed by atoms with Crippen LogP contribution in [0.25, 0.3) is 11.3 Å². The molecule has 176 valence electrons. The topological polar surface area (TPSA) is 109 Å². The lowest BCUT2D eigenvalue weighted by atomic mass is 9.92. The Kier molecular flexibility index (Phi) is 6.54. The minimum absolute atomic E-state index is 0.0449. The molecule has 1 atom stereocenters. The van der Waals surface area contributed by atoms with E-state index in [-0.39, 0.29) is 24.8 Å². The zero-order valence-electron chi connectivity index (χ0n) is 18.9. The number of halogens is 2. The van der Waals surface area contributed by atoms with Gasteiger partial charge in [-0.1, -0.05) is 12.1 Å². The number of anilines is 2. The van der Waals surface area contributed by atoms with E-state index in [1.165, 1.54) is 0 Å². The standard InChI is InChI=1S/C24H25F2N7O/c1-15-12-28-23(31-19-13-29-33(14-19)20-7-9-24(25,26)10-8-20)32-21(15)17-3-5-18(6-4-17)22(34)30-16(2)11-27/h3-6,12-14,16,20H,7-10H2,1-2H3,(H,30,34)(H,28,31,32)/t16-/m0/s1. The molecule has 0 bridgehead atoms. The van der Waals surface area contributed by atoms with Gasteiger partial charge >= 0.3 is 0 Å². The number of aromatic nitrogens is 4. The maximum absolute atomic E-state index is 13.4. The van der Waals surface area contributed by atoms with Crippen LogP contribution in [0.15, 0.2) is 42.9 Å². The Morgan fingerprint density at radius 3 is 2.62 bits per heavy atom. The Morgan fingerprint density at radius 1 is 1.24 bits per heavy atom. The summed E-state index contributed by atoms with van der Waals surface area (Å²) >= 11 is 0. The highest BCUT2D eigenvalue weighted by molar-refractivity contribution is 5.95. The summed E-state index contributed by atoms with van der Waals surface area (Å²) in [6.45, 7) is 3.51. The molecule has 2 aromatic heterocycles. The highest BCUT2D eigenvalue weighted by Crippen LogP contribution is 2.38.